The fourth-order valence-corrected chi connectivity index (χ4v) is 4.35. The standard InChI is InChI=1S/C19H25N3O2/c1-14-5-2-3-6-15(14)13-20-11-8-16(9-12-20)22-18(23)17-7-4-10-21(17)19(22)24/h2-3,5-6,16-17H,4,7-13H2,1H3/t17-/m0/s1. The molecule has 4 rings (SSSR count). The number of nitrogens with zero attached hydrogens (tertiary/aromatic N) is 3. The monoisotopic (exact) mass is 327 g/mol. The molecule has 0 spiro atoms. The molecule has 1 atom stereocenters. The summed E-state index contributed by atoms with van der Waals surface area (Å²) in [6, 6.07) is 8.37. The Hall–Kier alpha value is -1.88. The molecule has 3 heterocycles. The second-order valence-electron chi connectivity index (χ2n) is 7.28. The summed E-state index contributed by atoms with van der Waals surface area (Å²) in [5, 5.41) is 0. The minimum absolute atomic E-state index is 0.0418. The molecule has 5 nitrogen and oxygen atoms in total. The third-order valence-corrected chi connectivity index (χ3v) is 5.80. The van der Waals surface area contributed by atoms with Crippen LogP contribution in [0.4, 0.5) is 4.79 Å². The van der Waals surface area contributed by atoms with E-state index in [1.54, 1.807) is 9.80 Å². The number of carbonyl (C=O) groups is 2. The number of piperidine rings is 1. The molecule has 3 aliphatic rings. The van der Waals surface area contributed by atoms with Gasteiger partial charge in [0.2, 0.25) is 0 Å². The summed E-state index contributed by atoms with van der Waals surface area (Å²) in [6.45, 7) is 5.74. The molecule has 3 saturated heterocycles. The first-order valence-corrected chi connectivity index (χ1v) is 9.05. The Bertz CT molecular complexity index is 630. The maximum atomic E-state index is 12.6. The molecule has 0 unspecified atom stereocenters. The summed E-state index contributed by atoms with van der Waals surface area (Å²) in [5.41, 5.74) is 2.69. The van der Waals surface area contributed by atoms with Crippen LogP contribution in [-0.4, -0.2) is 58.4 Å². The van der Waals surface area contributed by atoms with E-state index in [0.29, 0.717) is 0 Å². The zero-order chi connectivity index (χ0) is 16.7. The lowest BCUT2D eigenvalue weighted by atomic mass is 10.0. The molecule has 0 radical (unpaired) electrons. The fourth-order valence-electron chi connectivity index (χ4n) is 4.35. The normalized spacial score (nSPS) is 25.6. The van der Waals surface area contributed by atoms with Gasteiger partial charge in [0.15, 0.2) is 0 Å². The van der Waals surface area contributed by atoms with Gasteiger partial charge in [-0.3, -0.25) is 14.6 Å². The van der Waals surface area contributed by atoms with Gasteiger partial charge in [-0.25, -0.2) is 4.79 Å². The molecule has 24 heavy (non-hydrogen) atoms. The SMILES string of the molecule is Cc1ccccc1CN1CCC(N2C(=O)[C@@H]3CCCN3C2=O)CC1. The van der Waals surface area contributed by atoms with Gasteiger partial charge in [0.05, 0.1) is 0 Å². The van der Waals surface area contributed by atoms with E-state index in [0.717, 1.165) is 51.9 Å². The summed E-state index contributed by atoms with van der Waals surface area (Å²) in [5.74, 6) is 0.0508. The summed E-state index contributed by atoms with van der Waals surface area (Å²) < 4.78 is 0. The van der Waals surface area contributed by atoms with Crippen molar-refractivity contribution in [2.24, 2.45) is 0 Å². The van der Waals surface area contributed by atoms with Crippen molar-refractivity contribution in [3.8, 4) is 0 Å². The molecule has 0 aliphatic carbocycles. The second kappa shape index (κ2) is 6.20. The van der Waals surface area contributed by atoms with Crippen LogP contribution in [-0.2, 0) is 11.3 Å². The second-order valence-corrected chi connectivity index (χ2v) is 7.28. The Morgan fingerprint density at radius 1 is 1.04 bits per heavy atom. The maximum absolute atomic E-state index is 12.6. The Labute approximate surface area is 143 Å². The number of fused-ring (bicyclic) bond motifs is 1. The van der Waals surface area contributed by atoms with Crippen molar-refractivity contribution >= 4 is 11.9 Å². The van der Waals surface area contributed by atoms with Crippen LogP contribution < -0.4 is 0 Å². The Balaban J connectivity index is 1.37. The van der Waals surface area contributed by atoms with Crippen molar-refractivity contribution in [2.75, 3.05) is 19.6 Å². The minimum Gasteiger partial charge on any atom is -0.312 e. The molecule has 0 N–H and O–H groups in total. The fraction of sp³-hybridized carbons (Fsp3) is 0.579. The highest BCUT2D eigenvalue weighted by Crippen LogP contribution is 2.31. The Morgan fingerprint density at radius 2 is 1.79 bits per heavy atom. The molecule has 5 heteroatoms. The highest BCUT2D eigenvalue weighted by atomic mass is 16.2. The van der Waals surface area contributed by atoms with Gasteiger partial charge >= 0.3 is 6.03 Å². The third-order valence-electron chi connectivity index (χ3n) is 5.80. The van der Waals surface area contributed by atoms with Crippen LogP contribution in [0.15, 0.2) is 24.3 Å². The third kappa shape index (κ3) is 2.61. The molecule has 0 bridgehead atoms. The van der Waals surface area contributed by atoms with Crippen LogP contribution in [0.3, 0.4) is 0 Å². The van der Waals surface area contributed by atoms with Gasteiger partial charge in [0, 0.05) is 32.2 Å². The average Bonchev–Trinajstić information content (AvgIpc) is 3.15. The molecule has 3 fully saturated rings. The van der Waals surface area contributed by atoms with Crippen LogP contribution >= 0.6 is 0 Å². The number of aryl methyl sites for hydroxylation is 1. The first-order valence-electron chi connectivity index (χ1n) is 9.05. The number of imide groups is 1. The Morgan fingerprint density at radius 3 is 2.50 bits per heavy atom. The van der Waals surface area contributed by atoms with Crippen molar-refractivity contribution in [1.29, 1.82) is 0 Å². The van der Waals surface area contributed by atoms with E-state index in [9.17, 15) is 9.59 Å². The summed E-state index contributed by atoms with van der Waals surface area (Å²) in [4.78, 5) is 30.9. The summed E-state index contributed by atoms with van der Waals surface area (Å²) in [6.07, 6.45) is 3.59. The number of hydrogen-bond acceptors (Lipinski definition) is 3. The van der Waals surface area contributed by atoms with E-state index in [1.807, 2.05) is 0 Å². The number of rotatable bonds is 3. The predicted molar refractivity (Wildman–Crippen MR) is 91.4 cm³/mol. The van der Waals surface area contributed by atoms with E-state index < -0.39 is 0 Å². The van der Waals surface area contributed by atoms with E-state index in [4.69, 9.17) is 0 Å². The number of hydrogen-bond donors (Lipinski definition) is 0. The first-order chi connectivity index (χ1) is 11.6. The van der Waals surface area contributed by atoms with Crippen molar-refractivity contribution in [2.45, 2.75) is 51.2 Å². The molecular weight excluding hydrogens is 302 g/mol. The highest BCUT2D eigenvalue weighted by molar-refractivity contribution is 6.04. The van der Waals surface area contributed by atoms with Crippen LogP contribution in [0.5, 0.6) is 0 Å². The van der Waals surface area contributed by atoms with Crippen LogP contribution in [0.1, 0.15) is 36.8 Å². The van der Waals surface area contributed by atoms with E-state index in [-0.39, 0.29) is 24.0 Å². The van der Waals surface area contributed by atoms with E-state index in [2.05, 4.69) is 36.1 Å². The maximum Gasteiger partial charge on any atom is 0.327 e. The minimum atomic E-state index is -0.164. The highest BCUT2D eigenvalue weighted by Gasteiger charge is 2.49. The average molecular weight is 327 g/mol. The summed E-state index contributed by atoms with van der Waals surface area (Å²) >= 11 is 0. The van der Waals surface area contributed by atoms with Crippen molar-refractivity contribution in [1.82, 2.24) is 14.7 Å². The molecule has 3 aliphatic heterocycles. The molecule has 128 valence electrons. The lowest BCUT2D eigenvalue weighted by Crippen LogP contribution is -2.48. The van der Waals surface area contributed by atoms with Crippen LogP contribution in [0.2, 0.25) is 0 Å². The number of urea groups is 1. The van der Waals surface area contributed by atoms with E-state index in [1.165, 1.54) is 11.1 Å². The smallest absolute Gasteiger partial charge is 0.312 e. The van der Waals surface area contributed by atoms with Crippen molar-refractivity contribution in [3.05, 3.63) is 35.4 Å². The van der Waals surface area contributed by atoms with Gasteiger partial charge in [-0.2, -0.15) is 0 Å². The molecule has 0 aromatic heterocycles. The van der Waals surface area contributed by atoms with Gasteiger partial charge < -0.3 is 4.90 Å². The van der Waals surface area contributed by atoms with E-state index >= 15 is 0 Å². The molecule has 0 saturated carbocycles. The zero-order valence-corrected chi connectivity index (χ0v) is 14.3. The molecule has 1 aromatic carbocycles. The van der Waals surface area contributed by atoms with Gasteiger partial charge in [0.1, 0.15) is 6.04 Å². The quantitative estimate of drug-likeness (QED) is 0.801. The number of benzene rings is 1. The van der Waals surface area contributed by atoms with Crippen LogP contribution in [0, 0.1) is 6.92 Å². The number of carbonyl (C=O) groups excluding carboxylic acids is 2. The lowest BCUT2D eigenvalue weighted by Gasteiger charge is -2.35. The Kier molecular flexibility index (Phi) is 4.04. The molecular formula is C19H25N3O2. The van der Waals surface area contributed by atoms with Gasteiger partial charge in [-0.1, -0.05) is 24.3 Å². The molecule has 1 aromatic rings. The van der Waals surface area contributed by atoms with Gasteiger partial charge in [-0.15, -0.1) is 0 Å². The largest absolute Gasteiger partial charge is 0.327 e. The molecule has 3 amide bonds. The van der Waals surface area contributed by atoms with Crippen molar-refractivity contribution < 1.29 is 9.59 Å². The summed E-state index contributed by atoms with van der Waals surface area (Å²) in [7, 11) is 0. The topological polar surface area (TPSA) is 43.9 Å². The zero-order valence-electron chi connectivity index (χ0n) is 14.3. The number of likely N-dealkylation sites (tertiary alicyclic amines) is 1. The van der Waals surface area contributed by atoms with Gasteiger partial charge in [0.25, 0.3) is 5.91 Å². The predicted octanol–water partition coefficient (Wildman–Crippen LogP) is 2.39. The number of amides is 3. The first kappa shape index (κ1) is 15.6. The van der Waals surface area contributed by atoms with Crippen molar-refractivity contribution in [3.63, 3.8) is 0 Å². The van der Waals surface area contributed by atoms with Crippen LogP contribution in [0.25, 0.3) is 0 Å². The lowest BCUT2D eigenvalue weighted by molar-refractivity contribution is -0.130. The van der Waals surface area contributed by atoms with Gasteiger partial charge in [-0.05, 0) is 43.7 Å².